The highest BCUT2D eigenvalue weighted by Gasteiger charge is 2.08. The predicted octanol–water partition coefficient (Wildman–Crippen LogP) is 0.447. The van der Waals surface area contributed by atoms with Crippen LogP contribution in [0, 0.1) is 6.92 Å². The van der Waals surface area contributed by atoms with Crippen LogP contribution in [0.2, 0.25) is 0 Å². The van der Waals surface area contributed by atoms with Gasteiger partial charge in [0.2, 0.25) is 0 Å². The first kappa shape index (κ1) is 12.0. The largest absolute Gasteiger partial charge is 0.508 e. The van der Waals surface area contributed by atoms with Gasteiger partial charge >= 0.3 is 5.97 Å². The summed E-state index contributed by atoms with van der Waals surface area (Å²) in [5.41, 5.74) is 2.78. The number of carboxylic acid groups (broad SMARTS) is 1. The van der Waals surface area contributed by atoms with Crippen molar-refractivity contribution in [3.05, 3.63) is 29.3 Å². The molecule has 0 spiro atoms. The molecule has 1 aromatic carbocycles. The van der Waals surface area contributed by atoms with Crippen LogP contribution in [0.4, 0.5) is 0 Å². The molecule has 0 heterocycles. The summed E-state index contributed by atoms with van der Waals surface area (Å²) in [6.45, 7) is 1.07. The van der Waals surface area contributed by atoms with E-state index < -0.39 is 18.5 Å². The number of hydrogen-bond donors (Lipinski definition) is 3. The Kier molecular flexibility index (Phi) is 3.84. The fraction of sp³-hybridized carbons (Fsp3) is 0.200. The molecular weight excluding hydrogens is 214 g/mol. The lowest BCUT2D eigenvalue weighted by atomic mass is 10.1. The summed E-state index contributed by atoms with van der Waals surface area (Å²) in [4.78, 5) is 25.8. The molecule has 0 aliphatic rings. The van der Waals surface area contributed by atoms with Crippen LogP contribution in [0.15, 0.2) is 18.2 Å². The minimum atomic E-state index is -1.19. The Morgan fingerprint density at radius 2 is 2.12 bits per heavy atom. The topological polar surface area (TPSA) is 95.9 Å². The van der Waals surface area contributed by atoms with E-state index in [1.807, 2.05) is 5.48 Å². The molecule has 0 unspecified atom stereocenters. The third-order valence-electron chi connectivity index (χ3n) is 1.83. The Balaban J connectivity index is 2.59. The van der Waals surface area contributed by atoms with Crippen LogP contribution in [0.5, 0.6) is 5.75 Å². The minimum Gasteiger partial charge on any atom is -0.508 e. The molecule has 0 aliphatic carbocycles. The number of carboxylic acids is 1. The van der Waals surface area contributed by atoms with Gasteiger partial charge in [0.05, 0.1) is 0 Å². The maximum Gasteiger partial charge on any atom is 0.332 e. The van der Waals surface area contributed by atoms with Crippen molar-refractivity contribution < 1.29 is 24.6 Å². The second-order valence-corrected chi connectivity index (χ2v) is 3.11. The lowest BCUT2D eigenvalue weighted by molar-refractivity contribution is -0.144. The minimum absolute atomic E-state index is 0.00844. The first-order valence-electron chi connectivity index (χ1n) is 4.44. The number of rotatable bonds is 4. The highest BCUT2D eigenvalue weighted by atomic mass is 16.7. The number of benzene rings is 1. The molecule has 16 heavy (non-hydrogen) atoms. The van der Waals surface area contributed by atoms with Gasteiger partial charge in [-0.3, -0.25) is 9.63 Å². The first-order valence-corrected chi connectivity index (χ1v) is 4.44. The lowest BCUT2D eigenvalue weighted by Crippen LogP contribution is -2.26. The van der Waals surface area contributed by atoms with Crippen LogP contribution in [-0.4, -0.2) is 28.7 Å². The number of carbonyl (C=O) groups is 2. The number of aliphatic carboxylic acids is 1. The van der Waals surface area contributed by atoms with Crippen molar-refractivity contribution >= 4 is 11.9 Å². The monoisotopic (exact) mass is 225 g/mol. The van der Waals surface area contributed by atoms with Crippen molar-refractivity contribution in [2.75, 3.05) is 6.61 Å². The molecule has 0 aliphatic heterocycles. The van der Waals surface area contributed by atoms with Crippen LogP contribution >= 0.6 is 0 Å². The number of carbonyl (C=O) groups excluding carboxylic acids is 1. The second kappa shape index (κ2) is 5.13. The zero-order valence-corrected chi connectivity index (χ0v) is 8.56. The van der Waals surface area contributed by atoms with E-state index in [9.17, 15) is 14.7 Å². The van der Waals surface area contributed by atoms with E-state index in [1.165, 1.54) is 12.1 Å². The van der Waals surface area contributed by atoms with Crippen molar-refractivity contribution in [3.8, 4) is 5.75 Å². The molecule has 6 nitrogen and oxygen atoms in total. The Labute approximate surface area is 91.4 Å². The van der Waals surface area contributed by atoms with E-state index in [2.05, 4.69) is 4.84 Å². The van der Waals surface area contributed by atoms with Crippen molar-refractivity contribution in [1.82, 2.24) is 5.48 Å². The van der Waals surface area contributed by atoms with Crippen molar-refractivity contribution in [2.45, 2.75) is 6.92 Å². The molecule has 3 N–H and O–H groups in total. The molecule has 0 fully saturated rings. The first-order chi connectivity index (χ1) is 7.50. The van der Waals surface area contributed by atoms with Gasteiger partial charge in [0.1, 0.15) is 5.75 Å². The molecule has 6 heteroatoms. The van der Waals surface area contributed by atoms with E-state index in [4.69, 9.17) is 5.11 Å². The SMILES string of the molecule is Cc1ccc(C(=O)NOCC(=O)O)cc1O. The summed E-state index contributed by atoms with van der Waals surface area (Å²) in [5, 5.41) is 17.6. The smallest absolute Gasteiger partial charge is 0.332 e. The zero-order chi connectivity index (χ0) is 12.1. The number of aryl methyl sites for hydroxylation is 1. The number of hydrogen-bond acceptors (Lipinski definition) is 4. The van der Waals surface area contributed by atoms with Crippen LogP contribution < -0.4 is 5.48 Å². The average molecular weight is 225 g/mol. The van der Waals surface area contributed by atoms with Gasteiger partial charge in [-0.25, -0.2) is 10.3 Å². The molecule has 0 bridgehead atoms. The Bertz CT molecular complexity index is 416. The van der Waals surface area contributed by atoms with Gasteiger partial charge in [-0.05, 0) is 24.6 Å². The van der Waals surface area contributed by atoms with Gasteiger partial charge in [-0.1, -0.05) is 6.07 Å². The molecule has 1 rings (SSSR count). The summed E-state index contributed by atoms with van der Waals surface area (Å²) in [5.74, 6) is -1.81. The van der Waals surface area contributed by atoms with Crippen LogP contribution in [0.3, 0.4) is 0 Å². The summed E-state index contributed by atoms with van der Waals surface area (Å²) in [7, 11) is 0. The van der Waals surface area contributed by atoms with Crippen LogP contribution in [-0.2, 0) is 9.63 Å². The summed E-state index contributed by atoms with van der Waals surface area (Å²) in [6, 6.07) is 4.34. The maximum atomic E-state index is 11.3. The van der Waals surface area contributed by atoms with Gasteiger partial charge in [-0.15, -0.1) is 0 Å². The van der Waals surface area contributed by atoms with Gasteiger partial charge < -0.3 is 10.2 Å². The van der Waals surface area contributed by atoms with Crippen LogP contribution in [0.1, 0.15) is 15.9 Å². The van der Waals surface area contributed by atoms with E-state index in [-0.39, 0.29) is 11.3 Å². The fourth-order valence-corrected chi connectivity index (χ4v) is 0.973. The average Bonchev–Trinajstić information content (AvgIpc) is 2.21. The molecule has 0 aromatic heterocycles. The predicted molar refractivity (Wildman–Crippen MR) is 53.9 cm³/mol. The van der Waals surface area contributed by atoms with Gasteiger partial charge in [0.15, 0.2) is 6.61 Å². The van der Waals surface area contributed by atoms with Gasteiger partial charge in [0.25, 0.3) is 5.91 Å². The number of aromatic hydroxyl groups is 1. The van der Waals surface area contributed by atoms with Crippen molar-refractivity contribution in [2.24, 2.45) is 0 Å². The lowest BCUT2D eigenvalue weighted by Gasteiger charge is -2.05. The number of phenolic OH excluding ortho intramolecular Hbond substituents is 1. The number of hydroxylamine groups is 1. The molecule has 0 atom stereocenters. The Morgan fingerprint density at radius 1 is 1.44 bits per heavy atom. The molecule has 86 valence electrons. The molecule has 0 radical (unpaired) electrons. The highest BCUT2D eigenvalue weighted by Crippen LogP contribution is 2.17. The van der Waals surface area contributed by atoms with E-state index in [1.54, 1.807) is 13.0 Å². The van der Waals surface area contributed by atoms with E-state index in [0.717, 1.165) is 0 Å². The third kappa shape index (κ3) is 3.25. The zero-order valence-electron chi connectivity index (χ0n) is 8.56. The van der Waals surface area contributed by atoms with E-state index in [0.29, 0.717) is 5.56 Å². The van der Waals surface area contributed by atoms with Crippen LogP contribution in [0.25, 0.3) is 0 Å². The number of amides is 1. The Hall–Kier alpha value is -2.08. The third-order valence-corrected chi connectivity index (χ3v) is 1.83. The number of phenols is 1. The fourth-order valence-electron chi connectivity index (χ4n) is 0.973. The second-order valence-electron chi connectivity index (χ2n) is 3.11. The summed E-state index contributed by atoms with van der Waals surface area (Å²) < 4.78 is 0. The standard InChI is InChI=1S/C10H11NO5/c1-6-2-3-7(4-8(6)12)10(15)11-16-5-9(13)14/h2-4,12H,5H2,1H3,(H,11,15)(H,13,14). The molecular formula is C10H11NO5. The highest BCUT2D eigenvalue weighted by molar-refractivity contribution is 5.94. The van der Waals surface area contributed by atoms with Crippen molar-refractivity contribution in [3.63, 3.8) is 0 Å². The molecule has 0 saturated heterocycles. The maximum absolute atomic E-state index is 11.3. The van der Waals surface area contributed by atoms with E-state index >= 15 is 0 Å². The molecule has 1 aromatic rings. The Morgan fingerprint density at radius 3 is 2.69 bits per heavy atom. The van der Waals surface area contributed by atoms with Gasteiger partial charge in [0, 0.05) is 5.56 Å². The van der Waals surface area contributed by atoms with Crippen molar-refractivity contribution in [1.29, 1.82) is 0 Å². The normalized spacial score (nSPS) is 9.81. The summed E-state index contributed by atoms with van der Waals surface area (Å²) in [6.07, 6.45) is 0. The molecule has 1 amide bonds. The summed E-state index contributed by atoms with van der Waals surface area (Å²) >= 11 is 0. The quantitative estimate of drug-likeness (QED) is 0.646. The molecule has 0 saturated carbocycles. The number of nitrogens with one attached hydrogen (secondary N) is 1. The van der Waals surface area contributed by atoms with Gasteiger partial charge in [-0.2, -0.15) is 0 Å².